The molecule has 0 saturated heterocycles. The highest BCUT2D eigenvalue weighted by atomic mass is 35.5. The molecule has 0 heterocycles. The lowest BCUT2D eigenvalue weighted by atomic mass is 10.2. The summed E-state index contributed by atoms with van der Waals surface area (Å²) >= 11 is 5.94. The van der Waals surface area contributed by atoms with E-state index < -0.39 is 0 Å². The molecule has 19 heavy (non-hydrogen) atoms. The number of rotatable bonds is 2. The van der Waals surface area contributed by atoms with Crippen molar-refractivity contribution in [3.05, 3.63) is 52.5 Å². The monoisotopic (exact) mass is 278 g/mol. The van der Waals surface area contributed by atoms with Gasteiger partial charge in [-0.25, -0.2) is 0 Å². The Balaban J connectivity index is 0.000000861. The molecule has 0 saturated carbocycles. The predicted octanol–water partition coefficient (Wildman–Crippen LogP) is 5.48. The van der Waals surface area contributed by atoms with Crippen molar-refractivity contribution in [3.8, 4) is 17.2 Å². The fraction of sp³-hybridized carbons (Fsp3) is 0.250. The topological polar surface area (TPSA) is 29.5 Å². The van der Waals surface area contributed by atoms with Gasteiger partial charge in [0.05, 0.1) is 0 Å². The highest BCUT2D eigenvalue weighted by Crippen LogP contribution is 2.32. The van der Waals surface area contributed by atoms with E-state index in [1.54, 1.807) is 18.2 Å². The average Bonchev–Trinajstić information content (AvgIpc) is 2.34. The van der Waals surface area contributed by atoms with Gasteiger partial charge in [-0.3, -0.25) is 0 Å². The van der Waals surface area contributed by atoms with E-state index in [1.165, 1.54) is 0 Å². The van der Waals surface area contributed by atoms with Gasteiger partial charge < -0.3 is 9.84 Å². The van der Waals surface area contributed by atoms with E-state index in [2.05, 4.69) is 0 Å². The van der Waals surface area contributed by atoms with Gasteiger partial charge in [-0.1, -0.05) is 31.5 Å². The predicted molar refractivity (Wildman–Crippen MR) is 80.5 cm³/mol. The summed E-state index contributed by atoms with van der Waals surface area (Å²) in [6.45, 7) is 7.85. The van der Waals surface area contributed by atoms with E-state index in [1.807, 2.05) is 45.9 Å². The van der Waals surface area contributed by atoms with Crippen molar-refractivity contribution in [2.75, 3.05) is 0 Å². The lowest BCUT2D eigenvalue weighted by molar-refractivity contribution is 0.411. The quantitative estimate of drug-likeness (QED) is 0.788. The molecule has 0 spiro atoms. The Kier molecular flexibility index (Phi) is 5.71. The minimum atomic E-state index is 0.127. The van der Waals surface area contributed by atoms with Crippen LogP contribution < -0.4 is 4.74 Å². The molecule has 0 aliphatic heterocycles. The molecule has 0 unspecified atom stereocenters. The number of aromatic hydroxyl groups is 1. The Bertz CT molecular complexity index is 530. The summed E-state index contributed by atoms with van der Waals surface area (Å²) in [6.07, 6.45) is 0. The van der Waals surface area contributed by atoms with Crippen molar-refractivity contribution in [1.82, 2.24) is 0 Å². The number of benzene rings is 2. The van der Waals surface area contributed by atoms with Crippen LogP contribution in [-0.2, 0) is 0 Å². The van der Waals surface area contributed by atoms with Gasteiger partial charge in [-0.05, 0) is 55.3 Å². The third kappa shape index (κ3) is 4.49. The van der Waals surface area contributed by atoms with E-state index in [9.17, 15) is 5.11 Å². The Morgan fingerprint density at radius 1 is 0.947 bits per heavy atom. The fourth-order valence-electron chi connectivity index (χ4n) is 1.60. The molecule has 0 aliphatic rings. The van der Waals surface area contributed by atoms with Gasteiger partial charge in [0, 0.05) is 5.02 Å². The summed E-state index contributed by atoms with van der Waals surface area (Å²) in [7, 11) is 0. The van der Waals surface area contributed by atoms with Crippen molar-refractivity contribution < 1.29 is 9.84 Å². The first kappa shape index (κ1) is 15.4. The van der Waals surface area contributed by atoms with Gasteiger partial charge in [0.15, 0.2) is 11.5 Å². The van der Waals surface area contributed by atoms with Crippen LogP contribution in [0.5, 0.6) is 17.2 Å². The van der Waals surface area contributed by atoms with Crippen molar-refractivity contribution in [2.24, 2.45) is 0 Å². The van der Waals surface area contributed by atoms with Gasteiger partial charge in [0.2, 0.25) is 0 Å². The first-order chi connectivity index (χ1) is 9.04. The highest BCUT2D eigenvalue weighted by molar-refractivity contribution is 6.30. The van der Waals surface area contributed by atoms with Crippen molar-refractivity contribution >= 4 is 11.6 Å². The molecule has 0 radical (unpaired) electrons. The minimum absolute atomic E-state index is 0.127. The molecule has 0 amide bonds. The van der Waals surface area contributed by atoms with Gasteiger partial charge in [0.25, 0.3) is 0 Å². The molecular formula is C16H19ClO2. The largest absolute Gasteiger partial charge is 0.504 e. The Morgan fingerprint density at radius 3 is 2.21 bits per heavy atom. The summed E-state index contributed by atoms with van der Waals surface area (Å²) < 4.78 is 5.59. The minimum Gasteiger partial charge on any atom is -0.504 e. The molecule has 0 aromatic heterocycles. The van der Waals surface area contributed by atoms with E-state index in [0.29, 0.717) is 16.5 Å². The van der Waals surface area contributed by atoms with Crippen LogP contribution in [0.25, 0.3) is 0 Å². The number of hydrogen-bond acceptors (Lipinski definition) is 2. The number of ether oxygens (including phenoxy) is 1. The first-order valence-electron chi connectivity index (χ1n) is 6.29. The van der Waals surface area contributed by atoms with Gasteiger partial charge in [-0.2, -0.15) is 0 Å². The van der Waals surface area contributed by atoms with Crippen LogP contribution in [0.4, 0.5) is 0 Å². The van der Waals surface area contributed by atoms with Crippen LogP contribution in [0.2, 0.25) is 5.02 Å². The molecule has 0 atom stereocenters. The zero-order valence-corrected chi connectivity index (χ0v) is 12.5. The second-order valence-electron chi connectivity index (χ2n) is 4.04. The van der Waals surface area contributed by atoms with E-state index in [-0.39, 0.29) is 5.75 Å². The molecule has 0 aliphatic carbocycles. The van der Waals surface area contributed by atoms with Crippen LogP contribution in [0.1, 0.15) is 25.0 Å². The van der Waals surface area contributed by atoms with Gasteiger partial charge in [-0.15, -0.1) is 0 Å². The average molecular weight is 279 g/mol. The summed E-state index contributed by atoms with van der Waals surface area (Å²) in [5, 5.41) is 10.4. The molecule has 0 bridgehead atoms. The van der Waals surface area contributed by atoms with Crippen molar-refractivity contribution in [1.29, 1.82) is 0 Å². The van der Waals surface area contributed by atoms with Crippen LogP contribution >= 0.6 is 11.6 Å². The third-order valence-electron chi connectivity index (χ3n) is 2.36. The number of phenolic OH excluding ortho intramolecular Hbond substituents is 1. The summed E-state index contributed by atoms with van der Waals surface area (Å²) in [5.74, 6) is 1.18. The molecule has 3 heteroatoms. The smallest absolute Gasteiger partial charge is 0.169 e. The summed E-state index contributed by atoms with van der Waals surface area (Å²) in [5.41, 5.74) is 2.00. The highest BCUT2D eigenvalue weighted by Gasteiger charge is 2.05. The molecule has 2 nitrogen and oxygen atoms in total. The molecule has 2 rings (SSSR count). The van der Waals surface area contributed by atoms with E-state index >= 15 is 0 Å². The second-order valence-corrected chi connectivity index (χ2v) is 4.47. The Labute approximate surface area is 119 Å². The molecule has 2 aromatic carbocycles. The maximum absolute atomic E-state index is 9.73. The lowest BCUT2D eigenvalue weighted by Crippen LogP contribution is -1.86. The Morgan fingerprint density at radius 2 is 1.63 bits per heavy atom. The normalized spacial score (nSPS) is 9.53. The fourth-order valence-corrected chi connectivity index (χ4v) is 1.88. The molecule has 2 aromatic rings. The molecular weight excluding hydrogens is 260 g/mol. The number of hydrogen-bond donors (Lipinski definition) is 1. The zero-order valence-electron chi connectivity index (χ0n) is 11.7. The van der Waals surface area contributed by atoms with E-state index in [4.69, 9.17) is 16.3 Å². The van der Waals surface area contributed by atoms with Gasteiger partial charge >= 0.3 is 0 Å². The first-order valence-corrected chi connectivity index (χ1v) is 6.67. The van der Waals surface area contributed by atoms with Gasteiger partial charge in [0.1, 0.15) is 5.75 Å². The maximum atomic E-state index is 9.73. The van der Waals surface area contributed by atoms with Crippen molar-refractivity contribution in [2.45, 2.75) is 27.7 Å². The number of halogens is 1. The van der Waals surface area contributed by atoms with Crippen LogP contribution in [-0.4, -0.2) is 5.11 Å². The zero-order chi connectivity index (χ0) is 14.4. The van der Waals surface area contributed by atoms with Crippen LogP contribution in [0.3, 0.4) is 0 Å². The van der Waals surface area contributed by atoms with Crippen molar-refractivity contribution in [3.63, 3.8) is 0 Å². The molecule has 1 N–H and O–H groups in total. The van der Waals surface area contributed by atoms with Crippen LogP contribution in [0, 0.1) is 13.8 Å². The van der Waals surface area contributed by atoms with E-state index in [0.717, 1.165) is 11.1 Å². The standard InChI is InChI=1S/C14H13ClO2.C2H6/c1-9-3-4-14(13(16)7-9)17-12-6-10(2)5-11(15)8-12;1-2/h3-8,16H,1-2H3;1-2H3. The SMILES string of the molecule is CC.Cc1cc(Cl)cc(Oc2ccc(C)cc2O)c1. The van der Waals surface area contributed by atoms with Crippen LogP contribution in [0.15, 0.2) is 36.4 Å². The molecule has 0 fully saturated rings. The Hall–Kier alpha value is -1.67. The maximum Gasteiger partial charge on any atom is 0.169 e. The molecule has 102 valence electrons. The lowest BCUT2D eigenvalue weighted by Gasteiger charge is -2.09. The second kappa shape index (κ2) is 7.05. The summed E-state index contributed by atoms with van der Waals surface area (Å²) in [6, 6.07) is 10.7. The third-order valence-corrected chi connectivity index (χ3v) is 2.58. The number of phenols is 1. The number of aryl methyl sites for hydroxylation is 2. The summed E-state index contributed by atoms with van der Waals surface area (Å²) in [4.78, 5) is 0.